The van der Waals surface area contributed by atoms with Crippen molar-refractivity contribution in [3.05, 3.63) is 71.0 Å². The number of amides is 2. The minimum absolute atomic E-state index is 0.0650. The van der Waals surface area contributed by atoms with E-state index in [0.29, 0.717) is 28.1 Å². The number of aromatic nitrogens is 3. The Morgan fingerprint density at radius 2 is 1.75 bits per heavy atom. The molecule has 0 aliphatic rings. The van der Waals surface area contributed by atoms with Gasteiger partial charge in [0.15, 0.2) is 11.0 Å². The fraction of sp³-hybridized carbons (Fsp3) is 0.304. The van der Waals surface area contributed by atoms with E-state index in [9.17, 15) is 9.59 Å². The van der Waals surface area contributed by atoms with Gasteiger partial charge in [-0.3, -0.25) is 9.59 Å². The van der Waals surface area contributed by atoms with Crippen LogP contribution in [0.3, 0.4) is 0 Å². The van der Waals surface area contributed by atoms with Crippen molar-refractivity contribution in [2.24, 2.45) is 5.92 Å². The third-order valence-electron chi connectivity index (χ3n) is 4.80. The van der Waals surface area contributed by atoms with Crippen LogP contribution >= 0.6 is 23.4 Å². The number of benzene rings is 2. The predicted octanol–water partition coefficient (Wildman–Crippen LogP) is 4.81. The second-order valence-electron chi connectivity index (χ2n) is 7.46. The summed E-state index contributed by atoms with van der Waals surface area (Å²) in [6.07, 6.45) is 0. The van der Waals surface area contributed by atoms with Crippen LogP contribution in [0.4, 0.5) is 5.69 Å². The van der Waals surface area contributed by atoms with E-state index in [1.54, 1.807) is 24.3 Å². The second-order valence-corrected chi connectivity index (χ2v) is 8.81. The summed E-state index contributed by atoms with van der Waals surface area (Å²) in [5.41, 5.74) is 1.16. The third kappa shape index (κ3) is 5.89. The van der Waals surface area contributed by atoms with Crippen LogP contribution in [-0.2, 0) is 11.3 Å². The van der Waals surface area contributed by atoms with E-state index in [-0.39, 0.29) is 29.5 Å². The number of para-hydroxylation sites is 1. The average molecular weight is 472 g/mol. The van der Waals surface area contributed by atoms with Crippen molar-refractivity contribution in [1.29, 1.82) is 0 Å². The van der Waals surface area contributed by atoms with Crippen LogP contribution in [0.1, 0.15) is 43.0 Å². The van der Waals surface area contributed by atoms with Gasteiger partial charge in [-0.05, 0) is 37.1 Å². The lowest BCUT2D eigenvalue weighted by atomic mass is 10.0. The summed E-state index contributed by atoms with van der Waals surface area (Å²) in [4.78, 5) is 25.1. The standard InChI is InChI=1S/C23H26ClN5O2S/c1-4-29-21(20(15(2)3)26-22(31)17-12-8-9-13-18(17)24)27-28-23(29)32-14-19(30)25-16-10-6-5-7-11-16/h5-13,15,20H,4,14H2,1-3H3,(H,25,30)(H,26,31)/t20-/m1/s1. The summed E-state index contributed by atoms with van der Waals surface area (Å²) >= 11 is 7.49. The van der Waals surface area contributed by atoms with Crippen LogP contribution in [0.15, 0.2) is 59.8 Å². The van der Waals surface area contributed by atoms with Crippen molar-refractivity contribution >= 4 is 40.9 Å². The predicted molar refractivity (Wildman–Crippen MR) is 128 cm³/mol. The van der Waals surface area contributed by atoms with Gasteiger partial charge < -0.3 is 15.2 Å². The van der Waals surface area contributed by atoms with Gasteiger partial charge in [0.05, 0.1) is 22.4 Å². The van der Waals surface area contributed by atoms with Gasteiger partial charge >= 0.3 is 0 Å². The second kappa shape index (κ2) is 11.2. The number of carbonyl (C=O) groups is 2. The first-order valence-electron chi connectivity index (χ1n) is 10.4. The fourth-order valence-electron chi connectivity index (χ4n) is 3.18. The van der Waals surface area contributed by atoms with E-state index in [4.69, 9.17) is 11.6 Å². The third-order valence-corrected chi connectivity index (χ3v) is 6.10. The number of carbonyl (C=O) groups excluding carboxylic acids is 2. The quantitative estimate of drug-likeness (QED) is 0.437. The van der Waals surface area contributed by atoms with Crippen molar-refractivity contribution < 1.29 is 9.59 Å². The Hall–Kier alpha value is -2.84. The SMILES string of the molecule is CCn1c(SCC(=O)Nc2ccccc2)nnc1[C@H](NC(=O)c1ccccc1Cl)C(C)C. The molecule has 2 amide bonds. The first-order chi connectivity index (χ1) is 15.4. The zero-order chi connectivity index (χ0) is 23.1. The lowest BCUT2D eigenvalue weighted by Gasteiger charge is -2.22. The highest BCUT2D eigenvalue weighted by atomic mass is 35.5. The molecule has 0 spiro atoms. The molecule has 0 saturated heterocycles. The van der Waals surface area contributed by atoms with E-state index < -0.39 is 0 Å². The molecule has 0 saturated carbocycles. The monoisotopic (exact) mass is 471 g/mol. The molecule has 1 aromatic heterocycles. The number of nitrogens with zero attached hydrogens (tertiary/aromatic N) is 3. The highest BCUT2D eigenvalue weighted by Gasteiger charge is 2.26. The minimum Gasteiger partial charge on any atom is -0.342 e. The molecule has 0 aliphatic carbocycles. The number of anilines is 1. The molecule has 2 aromatic carbocycles. The number of halogens is 1. The van der Waals surface area contributed by atoms with Crippen molar-refractivity contribution in [2.75, 3.05) is 11.1 Å². The molecule has 3 rings (SSSR count). The zero-order valence-corrected chi connectivity index (χ0v) is 19.8. The summed E-state index contributed by atoms with van der Waals surface area (Å²) in [6.45, 7) is 6.60. The van der Waals surface area contributed by atoms with Gasteiger partial charge in [0.2, 0.25) is 5.91 Å². The lowest BCUT2D eigenvalue weighted by molar-refractivity contribution is -0.113. The van der Waals surface area contributed by atoms with Crippen molar-refractivity contribution in [2.45, 2.75) is 38.5 Å². The Balaban J connectivity index is 1.73. The Morgan fingerprint density at radius 3 is 2.41 bits per heavy atom. The van der Waals surface area contributed by atoms with E-state index in [1.807, 2.05) is 55.7 Å². The summed E-state index contributed by atoms with van der Waals surface area (Å²) < 4.78 is 1.93. The maximum absolute atomic E-state index is 12.8. The van der Waals surface area contributed by atoms with Gasteiger partial charge in [-0.2, -0.15) is 0 Å². The van der Waals surface area contributed by atoms with Crippen LogP contribution in [-0.4, -0.2) is 32.3 Å². The molecular formula is C23H26ClN5O2S. The molecule has 9 heteroatoms. The van der Waals surface area contributed by atoms with Crippen LogP contribution in [0.2, 0.25) is 5.02 Å². The molecule has 0 unspecified atom stereocenters. The number of rotatable bonds is 9. The van der Waals surface area contributed by atoms with E-state index in [1.165, 1.54) is 11.8 Å². The Bertz CT molecular complexity index is 1070. The molecule has 0 aliphatic heterocycles. The molecule has 0 fully saturated rings. The van der Waals surface area contributed by atoms with Crippen molar-refractivity contribution in [3.8, 4) is 0 Å². The Morgan fingerprint density at radius 1 is 1.06 bits per heavy atom. The molecule has 1 heterocycles. The van der Waals surface area contributed by atoms with E-state index in [2.05, 4.69) is 20.8 Å². The fourth-order valence-corrected chi connectivity index (χ4v) is 4.21. The average Bonchev–Trinajstić information content (AvgIpc) is 3.19. The van der Waals surface area contributed by atoms with Crippen LogP contribution in [0, 0.1) is 5.92 Å². The molecule has 2 N–H and O–H groups in total. The Kier molecular flexibility index (Phi) is 8.30. The lowest BCUT2D eigenvalue weighted by Crippen LogP contribution is -2.34. The first-order valence-corrected chi connectivity index (χ1v) is 11.7. The van der Waals surface area contributed by atoms with Crippen molar-refractivity contribution in [3.63, 3.8) is 0 Å². The van der Waals surface area contributed by atoms with Gasteiger partial charge in [0, 0.05) is 12.2 Å². The zero-order valence-electron chi connectivity index (χ0n) is 18.2. The largest absolute Gasteiger partial charge is 0.342 e. The van der Waals surface area contributed by atoms with E-state index >= 15 is 0 Å². The maximum Gasteiger partial charge on any atom is 0.253 e. The molecule has 0 bridgehead atoms. The number of hydrogen-bond acceptors (Lipinski definition) is 5. The number of nitrogens with one attached hydrogen (secondary N) is 2. The molecule has 168 valence electrons. The molecule has 7 nitrogen and oxygen atoms in total. The van der Waals surface area contributed by atoms with Gasteiger partial charge in [-0.25, -0.2) is 0 Å². The maximum atomic E-state index is 12.8. The van der Waals surface area contributed by atoms with Crippen LogP contribution < -0.4 is 10.6 Å². The topological polar surface area (TPSA) is 88.9 Å². The van der Waals surface area contributed by atoms with Gasteiger partial charge in [-0.15, -0.1) is 10.2 Å². The Labute approximate surface area is 197 Å². The molecule has 3 aromatic rings. The highest BCUT2D eigenvalue weighted by molar-refractivity contribution is 7.99. The smallest absolute Gasteiger partial charge is 0.253 e. The van der Waals surface area contributed by atoms with Gasteiger partial charge in [0.25, 0.3) is 5.91 Å². The van der Waals surface area contributed by atoms with Crippen LogP contribution in [0.5, 0.6) is 0 Å². The van der Waals surface area contributed by atoms with Crippen LogP contribution in [0.25, 0.3) is 0 Å². The summed E-state index contributed by atoms with van der Waals surface area (Å²) in [6, 6.07) is 15.9. The molecule has 1 atom stereocenters. The summed E-state index contributed by atoms with van der Waals surface area (Å²) in [5, 5.41) is 15.6. The van der Waals surface area contributed by atoms with Gasteiger partial charge in [0.1, 0.15) is 0 Å². The molecule has 0 radical (unpaired) electrons. The molecule has 32 heavy (non-hydrogen) atoms. The van der Waals surface area contributed by atoms with E-state index in [0.717, 1.165) is 5.69 Å². The normalized spacial score (nSPS) is 11.9. The summed E-state index contributed by atoms with van der Waals surface area (Å²) in [5.74, 6) is 0.520. The highest BCUT2D eigenvalue weighted by Crippen LogP contribution is 2.26. The molecular weight excluding hydrogens is 446 g/mol. The summed E-state index contributed by atoms with van der Waals surface area (Å²) in [7, 11) is 0. The first kappa shape index (κ1) is 23.8. The van der Waals surface area contributed by atoms with Gasteiger partial charge in [-0.1, -0.05) is 67.5 Å². The van der Waals surface area contributed by atoms with Crippen molar-refractivity contribution in [1.82, 2.24) is 20.1 Å². The number of hydrogen-bond donors (Lipinski definition) is 2. The number of thioether (sulfide) groups is 1. The minimum atomic E-state index is -0.362.